The maximum atomic E-state index is 12.1. The lowest BCUT2D eigenvalue weighted by Gasteiger charge is -2.24. The minimum atomic E-state index is -0.571. The summed E-state index contributed by atoms with van der Waals surface area (Å²) in [4.78, 5) is 29.1. The number of likely N-dealkylation sites (N-methyl/N-ethyl adjacent to an activating group) is 1. The first-order valence-electron chi connectivity index (χ1n) is 6.31. The van der Waals surface area contributed by atoms with Crippen LogP contribution in [0.5, 0.6) is 0 Å². The van der Waals surface area contributed by atoms with Gasteiger partial charge in [-0.05, 0) is 32.9 Å². The molecule has 0 aliphatic carbocycles. The molecule has 1 atom stereocenters. The van der Waals surface area contributed by atoms with E-state index in [9.17, 15) is 9.59 Å². The maximum Gasteiger partial charge on any atom is 0.252 e. The number of anilines is 1. The standard InChI is InChI=1S/C13H20N4O2/c1-4-17(5-2)13(19)9(3)16-12-10(11(14)18)7-6-8-15-12/h6-9H,4-5H2,1-3H3,(H2,14,18)(H,15,16). The molecule has 1 rings (SSSR count). The molecule has 2 amide bonds. The highest BCUT2D eigenvalue weighted by molar-refractivity contribution is 5.98. The van der Waals surface area contributed by atoms with Crippen LogP contribution < -0.4 is 11.1 Å². The molecule has 0 radical (unpaired) electrons. The normalized spacial score (nSPS) is 11.7. The molecule has 0 aromatic carbocycles. The number of nitrogens with two attached hydrogens (primary N) is 1. The Bertz CT molecular complexity index is 458. The van der Waals surface area contributed by atoms with Crippen LogP contribution in [-0.2, 0) is 4.79 Å². The van der Waals surface area contributed by atoms with Gasteiger partial charge in [0, 0.05) is 19.3 Å². The number of rotatable bonds is 6. The molecule has 6 heteroatoms. The van der Waals surface area contributed by atoms with Crippen molar-refractivity contribution in [3.8, 4) is 0 Å². The smallest absolute Gasteiger partial charge is 0.252 e. The third-order valence-electron chi connectivity index (χ3n) is 2.87. The highest BCUT2D eigenvalue weighted by atomic mass is 16.2. The van der Waals surface area contributed by atoms with Crippen LogP contribution >= 0.6 is 0 Å². The van der Waals surface area contributed by atoms with E-state index >= 15 is 0 Å². The van der Waals surface area contributed by atoms with Gasteiger partial charge in [-0.3, -0.25) is 9.59 Å². The molecule has 0 saturated carbocycles. The number of primary amides is 1. The molecule has 0 aliphatic heterocycles. The van der Waals surface area contributed by atoms with Gasteiger partial charge in [0.25, 0.3) is 5.91 Å². The third kappa shape index (κ3) is 3.67. The van der Waals surface area contributed by atoms with Crippen LogP contribution in [0.4, 0.5) is 5.82 Å². The van der Waals surface area contributed by atoms with Gasteiger partial charge in [0.15, 0.2) is 0 Å². The van der Waals surface area contributed by atoms with Gasteiger partial charge < -0.3 is 16.0 Å². The van der Waals surface area contributed by atoms with E-state index in [0.717, 1.165) is 0 Å². The Labute approximate surface area is 113 Å². The lowest BCUT2D eigenvalue weighted by Crippen LogP contribution is -2.41. The Morgan fingerprint density at radius 1 is 1.42 bits per heavy atom. The summed E-state index contributed by atoms with van der Waals surface area (Å²) in [5.74, 6) is -0.271. The van der Waals surface area contributed by atoms with Gasteiger partial charge in [-0.15, -0.1) is 0 Å². The number of carbonyl (C=O) groups excluding carboxylic acids is 2. The molecule has 0 spiro atoms. The number of nitrogens with one attached hydrogen (secondary N) is 1. The molecule has 104 valence electrons. The summed E-state index contributed by atoms with van der Waals surface area (Å²) in [6.45, 7) is 6.87. The van der Waals surface area contributed by atoms with Crippen molar-refractivity contribution in [3.63, 3.8) is 0 Å². The fourth-order valence-corrected chi connectivity index (χ4v) is 1.80. The van der Waals surface area contributed by atoms with Crippen LogP contribution in [0.1, 0.15) is 31.1 Å². The van der Waals surface area contributed by atoms with Crippen molar-refractivity contribution in [1.82, 2.24) is 9.88 Å². The number of carbonyl (C=O) groups is 2. The van der Waals surface area contributed by atoms with Gasteiger partial charge >= 0.3 is 0 Å². The second-order valence-corrected chi connectivity index (χ2v) is 4.14. The summed E-state index contributed by atoms with van der Waals surface area (Å²) in [6, 6.07) is 2.74. The molecule has 1 aromatic rings. The number of hydrogen-bond donors (Lipinski definition) is 2. The second kappa shape index (κ2) is 6.72. The fourth-order valence-electron chi connectivity index (χ4n) is 1.80. The highest BCUT2D eigenvalue weighted by Gasteiger charge is 2.20. The fraction of sp³-hybridized carbons (Fsp3) is 0.462. The summed E-state index contributed by atoms with van der Waals surface area (Å²) in [6.07, 6.45) is 1.55. The number of aromatic nitrogens is 1. The second-order valence-electron chi connectivity index (χ2n) is 4.14. The van der Waals surface area contributed by atoms with Gasteiger partial charge in [-0.2, -0.15) is 0 Å². The molecule has 1 unspecified atom stereocenters. The molecule has 1 heterocycles. The van der Waals surface area contributed by atoms with E-state index in [-0.39, 0.29) is 11.5 Å². The molecule has 0 fully saturated rings. The van der Waals surface area contributed by atoms with E-state index < -0.39 is 11.9 Å². The summed E-state index contributed by atoms with van der Waals surface area (Å²) < 4.78 is 0. The first kappa shape index (κ1) is 14.9. The number of nitrogens with zero attached hydrogens (tertiary/aromatic N) is 2. The Hall–Kier alpha value is -2.11. The molecule has 1 aromatic heterocycles. The van der Waals surface area contributed by atoms with Gasteiger partial charge in [0.05, 0.1) is 5.56 Å². The van der Waals surface area contributed by atoms with Crippen LogP contribution in [0.15, 0.2) is 18.3 Å². The SMILES string of the molecule is CCN(CC)C(=O)C(C)Nc1ncccc1C(N)=O. The van der Waals surface area contributed by atoms with Crippen molar-refractivity contribution in [3.05, 3.63) is 23.9 Å². The van der Waals surface area contributed by atoms with Gasteiger partial charge in [-0.25, -0.2) is 4.98 Å². The van der Waals surface area contributed by atoms with Crippen LogP contribution in [0.2, 0.25) is 0 Å². The van der Waals surface area contributed by atoms with E-state index in [1.54, 1.807) is 30.2 Å². The van der Waals surface area contributed by atoms with E-state index in [1.807, 2.05) is 13.8 Å². The first-order valence-corrected chi connectivity index (χ1v) is 6.31. The van der Waals surface area contributed by atoms with Crippen molar-refractivity contribution in [2.75, 3.05) is 18.4 Å². The molecular formula is C13H20N4O2. The van der Waals surface area contributed by atoms with Crippen molar-refractivity contribution < 1.29 is 9.59 Å². The summed E-state index contributed by atoms with van der Waals surface area (Å²) in [5.41, 5.74) is 5.54. The Balaban J connectivity index is 2.85. The maximum absolute atomic E-state index is 12.1. The van der Waals surface area contributed by atoms with Gasteiger partial charge in [0.2, 0.25) is 5.91 Å². The lowest BCUT2D eigenvalue weighted by atomic mass is 10.2. The Morgan fingerprint density at radius 2 is 2.05 bits per heavy atom. The molecule has 19 heavy (non-hydrogen) atoms. The predicted molar refractivity (Wildman–Crippen MR) is 73.8 cm³/mol. The zero-order chi connectivity index (χ0) is 14.4. The highest BCUT2D eigenvalue weighted by Crippen LogP contribution is 2.12. The summed E-state index contributed by atoms with van der Waals surface area (Å²) in [5, 5.41) is 2.94. The van der Waals surface area contributed by atoms with Crippen molar-refractivity contribution in [1.29, 1.82) is 0 Å². The zero-order valence-corrected chi connectivity index (χ0v) is 11.5. The van der Waals surface area contributed by atoms with E-state index in [0.29, 0.717) is 18.9 Å². The summed E-state index contributed by atoms with van der Waals surface area (Å²) in [7, 11) is 0. The van der Waals surface area contributed by atoms with Crippen LogP contribution in [0, 0.1) is 0 Å². The first-order chi connectivity index (χ1) is 9.01. The van der Waals surface area contributed by atoms with E-state index in [1.165, 1.54) is 0 Å². The van der Waals surface area contributed by atoms with Crippen molar-refractivity contribution in [2.24, 2.45) is 5.73 Å². The van der Waals surface area contributed by atoms with Crippen LogP contribution in [-0.4, -0.2) is 40.8 Å². The quantitative estimate of drug-likeness (QED) is 0.797. The zero-order valence-electron chi connectivity index (χ0n) is 11.5. The largest absolute Gasteiger partial charge is 0.365 e. The molecule has 6 nitrogen and oxygen atoms in total. The summed E-state index contributed by atoms with van der Waals surface area (Å²) >= 11 is 0. The van der Waals surface area contributed by atoms with Crippen molar-refractivity contribution in [2.45, 2.75) is 26.8 Å². The topological polar surface area (TPSA) is 88.3 Å². The lowest BCUT2D eigenvalue weighted by molar-refractivity contribution is -0.131. The minimum absolute atomic E-state index is 0.0360. The Morgan fingerprint density at radius 3 is 2.58 bits per heavy atom. The molecule has 0 saturated heterocycles. The Kier molecular flexibility index (Phi) is 5.29. The predicted octanol–water partition coefficient (Wildman–Crippen LogP) is 0.849. The van der Waals surface area contributed by atoms with E-state index in [4.69, 9.17) is 5.73 Å². The van der Waals surface area contributed by atoms with Crippen molar-refractivity contribution >= 4 is 17.6 Å². The minimum Gasteiger partial charge on any atom is -0.365 e. The number of pyridine rings is 1. The van der Waals surface area contributed by atoms with E-state index in [2.05, 4.69) is 10.3 Å². The number of hydrogen-bond acceptors (Lipinski definition) is 4. The van der Waals surface area contributed by atoms with Gasteiger partial charge in [-0.1, -0.05) is 0 Å². The average molecular weight is 264 g/mol. The van der Waals surface area contributed by atoms with Crippen LogP contribution in [0.3, 0.4) is 0 Å². The average Bonchev–Trinajstić information content (AvgIpc) is 2.40. The third-order valence-corrected chi connectivity index (χ3v) is 2.87. The van der Waals surface area contributed by atoms with Crippen LogP contribution in [0.25, 0.3) is 0 Å². The number of amides is 2. The molecule has 0 bridgehead atoms. The molecule has 3 N–H and O–H groups in total. The molecule has 0 aliphatic rings. The monoisotopic (exact) mass is 264 g/mol. The van der Waals surface area contributed by atoms with Gasteiger partial charge in [0.1, 0.15) is 11.9 Å². The molecular weight excluding hydrogens is 244 g/mol.